The van der Waals surface area contributed by atoms with Gasteiger partial charge in [0.15, 0.2) is 17.3 Å². The number of rotatable bonds is 7. The average Bonchev–Trinajstić information content (AvgIpc) is 3.38. The minimum absolute atomic E-state index is 0.0834. The van der Waals surface area contributed by atoms with Crippen LogP contribution in [0.3, 0.4) is 0 Å². The third-order valence-electron chi connectivity index (χ3n) is 9.80. The van der Waals surface area contributed by atoms with Crippen LogP contribution < -0.4 is 0 Å². The van der Waals surface area contributed by atoms with Crippen LogP contribution in [-0.2, 0) is 35.0 Å². The van der Waals surface area contributed by atoms with Gasteiger partial charge in [0, 0.05) is 47.2 Å². The molecule has 13 nitrogen and oxygen atoms in total. The maximum absolute atomic E-state index is 13.7. The van der Waals surface area contributed by atoms with Crippen molar-refractivity contribution >= 4 is 29.3 Å². The van der Waals surface area contributed by atoms with Crippen molar-refractivity contribution in [2.45, 2.75) is 95.0 Å². The molecule has 0 amide bonds. The van der Waals surface area contributed by atoms with Gasteiger partial charge in [0.2, 0.25) is 0 Å². The van der Waals surface area contributed by atoms with Crippen LogP contribution >= 0.6 is 0 Å². The van der Waals surface area contributed by atoms with Crippen molar-refractivity contribution in [3.05, 3.63) is 99.7 Å². The van der Waals surface area contributed by atoms with Gasteiger partial charge in [-0.1, -0.05) is 42.5 Å². The number of carboxylic acid groups (broad SMARTS) is 1. The van der Waals surface area contributed by atoms with Crippen LogP contribution in [0.25, 0.3) is 0 Å². The van der Waals surface area contributed by atoms with E-state index in [1.54, 1.807) is 38.2 Å². The van der Waals surface area contributed by atoms with E-state index in [1.807, 2.05) is 0 Å². The molecule has 51 heavy (non-hydrogen) atoms. The summed E-state index contributed by atoms with van der Waals surface area (Å²) in [5.41, 5.74) is -1.75. The summed E-state index contributed by atoms with van der Waals surface area (Å²) >= 11 is 0. The lowest BCUT2D eigenvalue weighted by atomic mass is 9.72. The number of aliphatic hydroxyl groups excluding tert-OH is 1. The van der Waals surface area contributed by atoms with Crippen molar-refractivity contribution in [1.82, 2.24) is 0 Å². The van der Waals surface area contributed by atoms with Crippen molar-refractivity contribution in [2.24, 2.45) is 0 Å². The molecule has 0 saturated carbocycles. The number of aromatic hydroxyl groups is 1. The second-order valence-corrected chi connectivity index (χ2v) is 13.6. The molecule has 2 aliphatic heterocycles. The van der Waals surface area contributed by atoms with Crippen molar-refractivity contribution in [1.29, 1.82) is 0 Å². The van der Waals surface area contributed by atoms with E-state index < -0.39 is 83.0 Å². The van der Waals surface area contributed by atoms with Crippen molar-refractivity contribution in [2.75, 3.05) is 0 Å². The first kappa shape index (κ1) is 36.0. The molecular formula is C38H38O13. The minimum atomic E-state index is -1.77. The van der Waals surface area contributed by atoms with Gasteiger partial charge in [-0.25, -0.2) is 9.59 Å². The Labute approximate surface area is 292 Å². The number of carboxylic acids is 1. The summed E-state index contributed by atoms with van der Waals surface area (Å²) in [6.45, 7) is 6.08. The lowest BCUT2D eigenvalue weighted by Gasteiger charge is -2.36. The van der Waals surface area contributed by atoms with Crippen LogP contribution in [0.5, 0.6) is 5.75 Å². The fourth-order valence-corrected chi connectivity index (χ4v) is 7.03. The van der Waals surface area contributed by atoms with Crippen molar-refractivity contribution in [3.63, 3.8) is 0 Å². The molecule has 0 unspecified atom stereocenters. The van der Waals surface area contributed by atoms with Gasteiger partial charge in [0.25, 0.3) is 5.79 Å². The van der Waals surface area contributed by atoms with Crippen LogP contribution in [0.2, 0.25) is 0 Å². The number of phenolic OH excluding ortho intramolecular Hbond substituents is 1. The summed E-state index contributed by atoms with van der Waals surface area (Å²) in [6.07, 6.45) is 5.23. The molecule has 0 spiro atoms. The highest BCUT2D eigenvalue weighted by Crippen LogP contribution is 2.44. The third kappa shape index (κ3) is 6.47. The maximum Gasteiger partial charge on any atom is 0.364 e. The Morgan fingerprint density at radius 3 is 2.24 bits per heavy atom. The molecule has 2 fully saturated rings. The maximum atomic E-state index is 13.7. The summed E-state index contributed by atoms with van der Waals surface area (Å²) in [4.78, 5) is 64.4. The number of esters is 1. The summed E-state index contributed by atoms with van der Waals surface area (Å²) in [5, 5.41) is 41.5. The summed E-state index contributed by atoms with van der Waals surface area (Å²) in [7, 11) is 0. The monoisotopic (exact) mass is 702 g/mol. The summed E-state index contributed by atoms with van der Waals surface area (Å²) < 4.78 is 22.5. The van der Waals surface area contributed by atoms with Crippen molar-refractivity contribution < 1.29 is 63.3 Å². The van der Waals surface area contributed by atoms with Gasteiger partial charge in [-0.3, -0.25) is 14.4 Å². The molecule has 4 aliphatic rings. The molecular weight excluding hydrogens is 664 g/mol. The lowest BCUT2D eigenvalue weighted by Crippen LogP contribution is -2.50. The zero-order valence-electron chi connectivity index (χ0n) is 28.3. The number of hydrogen-bond donors (Lipinski definition) is 4. The minimum Gasteiger partial charge on any atom is -0.507 e. The summed E-state index contributed by atoms with van der Waals surface area (Å²) in [6, 6.07) is 5.76. The standard InChI is InChI=1S/C38H38O13/c1-18-24(49-27(39)10-8-6-5-7-9-25-19(2)50-38(4,51-25)36(45)46)15-16-26(48-18)21-13-14-23-30(31(21)40)33(42)22-12-11-20-17-37(3,47)35(44)34(43)28(20)29(22)32(23)41/h5-14,18-19,24-26,35,40,44,47H,15-17H2,1-4H3,(H,45,46)/b6-5+,9-7+,10-8+/t18-,19+,24+,25+,26-,35+,37-,38+/m1/s1. The number of Topliss-reactive ketones (excluding diaryl/α,β-unsaturated/α-hetero) is 1. The van der Waals surface area contributed by atoms with Gasteiger partial charge in [0.1, 0.15) is 24.1 Å². The number of hydrogen-bond acceptors (Lipinski definition) is 12. The molecule has 0 bridgehead atoms. The third-order valence-corrected chi connectivity index (χ3v) is 9.80. The predicted molar refractivity (Wildman–Crippen MR) is 177 cm³/mol. The predicted octanol–water partition coefficient (Wildman–Crippen LogP) is 3.44. The van der Waals surface area contributed by atoms with E-state index >= 15 is 0 Å². The highest BCUT2D eigenvalue weighted by Gasteiger charge is 2.48. The van der Waals surface area contributed by atoms with Gasteiger partial charge < -0.3 is 39.4 Å². The SMILES string of the molecule is C[C@@H]1O[C@](C)(C(=O)O)O[C@H]1/C=C/C=C/C=C/C(=O)O[C@H]1CC[C@H](c2ccc3c(c2O)C(=O)c2ccc4c(c2C3=O)C(=O)[C@H](O)[C@](C)(O)C4)O[C@@H]1C. The molecule has 2 saturated heterocycles. The Balaban J connectivity index is 1.09. The lowest BCUT2D eigenvalue weighted by molar-refractivity contribution is -0.200. The number of aliphatic carboxylic acids is 1. The van der Waals surface area contributed by atoms with Crippen LogP contribution in [0.15, 0.2) is 60.7 Å². The van der Waals surface area contributed by atoms with E-state index in [4.69, 9.17) is 18.9 Å². The van der Waals surface area contributed by atoms with Crippen LogP contribution in [-0.4, -0.2) is 91.6 Å². The zero-order chi connectivity index (χ0) is 37.0. The van der Waals surface area contributed by atoms with Gasteiger partial charge in [-0.05, 0) is 51.3 Å². The zero-order valence-corrected chi connectivity index (χ0v) is 28.3. The van der Waals surface area contributed by atoms with Gasteiger partial charge >= 0.3 is 11.9 Å². The number of ether oxygens (including phenoxy) is 4. The first-order valence-corrected chi connectivity index (χ1v) is 16.6. The smallest absolute Gasteiger partial charge is 0.364 e. The van der Waals surface area contributed by atoms with Crippen LogP contribution in [0.4, 0.5) is 0 Å². The number of benzene rings is 2. The van der Waals surface area contributed by atoms with E-state index in [0.717, 1.165) is 0 Å². The van der Waals surface area contributed by atoms with Crippen LogP contribution in [0.1, 0.15) is 100.0 Å². The Hall–Kier alpha value is -4.79. The molecule has 0 aromatic heterocycles. The quantitative estimate of drug-likeness (QED) is 0.159. The number of allylic oxidation sites excluding steroid dienone is 4. The fourth-order valence-electron chi connectivity index (χ4n) is 7.03. The Bertz CT molecular complexity index is 1920. The first-order valence-electron chi connectivity index (χ1n) is 16.6. The number of fused-ring (bicyclic) bond motifs is 4. The number of carbonyl (C=O) groups is 5. The van der Waals surface area contributed by atoms with E-state index in [9.17, 15) is 44.4 Å². The van der Waals surface area contributed by atoms with Gasteiger partial charge in [-0.2, -0.15) is 0 Å². The van der Waals surface area contributed by atoms with E-state index in [1.165, 1.54) is 50.3 Å². The molecule has 0 radical (unpaired) electrons. The molecule has 2 aromatic rings. The molecule has 4 N–H and O–H groups in total. The van der Waals surface area contributed by atoms with E-state index in [0.29, 0.717) is 18.4 Å². The Morgan fingerprint density at radius 2 is 1.55 bits per heavy atom. The largest absolute Gasteiger partial charge is 0.507 e. The van der Waals surface area contributed by atoms with Gasteiger partial charge in [0.05, 0.1) is 29.5 Å². The first-order chi connectivity index (χ1) is 24.0. The Kier molecular flexibility index (Phi) is 9.46. The number of phenols is 1. The highest BCUT2D eigenvalue weighted by molar-refractivity contribution is 6.32. The fraction of sp³-hybridized carbons (Fsp3) is 0.395. The van der Waals surface area contributed by atoms with E-state index in [2.05, 4.69) is 0 Å². The molecule has 13 heteroatoms. The molecule has 8 atom stereocenters. The molecule has 268 valence electrons. The molecule has 2 aromatic carbocycles. The van der Waals surface area contributed by atoms with E-state index in [-0.39, 0.29) is 39.8 Å². The highest BCUT2D eigenvalue weighted by atomic mass is 16.8. The van der Waals surface area contributed by atoms with Crippen LogP contribution in [0, 0.1) is 0 Å². The molecule has 2 aliphatic carbocycles. The normalized spacial score (nSPS) is 32.0. The molecule has 2 heterocycles. The number of aliphatic hydroxyl groups is 2. The second kappa shape index (κ2) is 13.4. The van der Waals surface area contributed by atoms with Crippen molar-refractivity contribution in [3.8, 4) is 5.75 Å². The number of ketones is 3. The summed E-state index contributed by atoms with van der Waals surface area (Å²) in [5.74, 6) is -6.11. The number of carbonyl (C=O) groups excluding carboxylic acids is 4. The van der Waals surface area contributed by atoms with Gasteiger partial charge in [-0.15, -0.1) is 0 Å². The second-order valence-electron chi connectivity index (χ2n) is 13.6. The average molecular weight is 703 g/mol. The Morgan fingerprint density at radius 1 is 0.882 bits per heavy atom. The topological polar surface area (TPSA) is 203 Å². The molecule has 6 rings (SSSR count).